The van der Waals surface area contributed by atoms with Gasteiger partial charge in [0.05, 0.1) is 5.02 Å². The molecule has 0 saturated carbocycles. The third-order valence-electron chi connectivity index (χ3n) is 2.83. The van der Waals surface area contributed by atoms with Crippen LogP contribution in [0, 0.1) is 11.7 Å². The van der Waals surface area contributed by atoms with Gasteiger partial charge in [0, 0.05) is 6.04 Å². The third kappa shape index (κ3) is 3.17. The van der Waals surface area contributed by atoms with E-state index in [0.29, 0.717) is 5.92 Å². The van der Waals surface area contributed by atoms with E-state index in [1.807, 2.05) is 7.05 Å². The van der Waals surface area contributed by atoms with Crippen LogP contribution in [-0.2, 0) is 0 Å². The minimum absolute atomic E-state index is 0.115. The van der Waals surface area contributed by atoms with Crippen LogP contribution in [0.4, 0.5) is 4.39 Å². The molecule has 0 aliphatic heterocycles. The van der Waals surface area contributed by atoms with Crippen LogP contribution in [-0.4, -0.2) is 13.6 Å². The van der Waals surface area contributed by atoms with E-state index < -0.39 is 5.82 Å². The lowest BCUT2D eigenvalue weighted by Crippen LogP contribution is -2.29. The molecule has 2 nitrogen and oxygen atoms in total. The Balaban J connectivity index is 2.85. The van der Waals surface area contributed by atoms with E-state index in [9.17, 15) is 4.39 Å². The van der Waals surface area contributed by atoms with Crippen LogP contribution < -0.4 is 11.1 Å². The molecular weight excluding hydrogens is 227 g/mol. The van der Waals surface area contributed by atoms with Gasteiger partial charge >= 0.3 is 0 Å². The Morgan fingerprint density at radius 2 is 2.19 bits per heavy atom. The van der Waals surface area contributed by atoms with E-state index in [0.717, 1.165) is 18.5 Å². The van der Waals surface area contributed by atoms with Crippen molar-refractivity contribution < 1.29 is 4.39 Å². The van der Waals surface area contributed by atoms with Crippen molar-refractivity contribution in [1.82, 2.24) is 5.32 Å². The van der Waals surface area contributed by atoms with Crippen LogP contribution in [0.2, 0.25) is 5.02 Å². The van der Waals surface area contributed by atoms with Crippen LogP contribution >= 0.6 is 11.6 Å². The first-order valence-corrected chi connectivity index (χ1v) is 5.83. The van der Waals surface area contributed by atoms with Gasteiger partial charge in [-0.15, -0.1) is 0 Å². The van der Waals surface area contributed by atoms with Gasteiger partial charge in [-0.3, -0.25) is 0 Å². The SMILES string of the molecule is CCC(CNC)C(N)c1ccc(F)c(Cl)c1. The fourth-order valence-corrected chi connectivity index (χ4v) is 1.97. The van der Waals surface area contributed by atoms with Crippen molar-refractivity contribution in [3.63, 3.8) is 0 Å². The molecule has 0 spiro atoms. The van der Waals surface area contributed by atoms with Crippen molar-refractivity contribution in [3.05, 3.63) is 34.6 Å². The molecule has 90 valence electrons. The van der Waals surface area contributed by atoms with Gasteiger partial charge in [0.15, 0.2) is 0 Å². The Kier molecular flexibility index (Phi) is 5.19. The first-order valence-electron chi connectivity index (χ1n) is 5.45. The fourth-order valence-electron chi connectivity index (χ4n) is 1.78. The average molecular weight is 245 g/mol. The highest BCUT2D eigenvalue weighted by Gasteiger charge is 2.17. The summed E-state index contributed by atoms with van der Waals surface area (Å²) in [7, 11) is 1.90. The van der Waals surface area contributed by atoms with Gasteiger partial charge in [0.2, 0.25) is 0 Å². The molecule has 0 heterocycles. The molecule has 16 heavy (non-hydrogen) atoms. The number of nitrogens with two attached hydrogens (primary N) is 1. The number of benzene rings is 1. The van der Waals surface area contributed by atoms with E-state index in [-0.39, 0.29) is 11.1 Å². The van der Waals surface area contributed by atoms with Crippen LogP contribution in [0.3, 0.4) is 0 Å². The Morgan fingerprint density at radius 1 is 1.50 bits per heavy atom. The number of halogens is 2. The molecule has 0 fully saturated rings. The summed E-state index contributed by atoms with van der Waals surface area (Å²) in [5.74, 6) is -0.0780. The first-order chi connectivity index (χ1) is 7.60. The monoisotopic (exact) mass is 244 g/mol. The largest absolute Gasteiger partial charge is 0.324 e. The van der Waals surface area contributed by atoms with E-state index >= 15 is 0 Å². The summed E-state index contributed by atoms with van der Waals surface area (Å²) >= 11 is 5.74. The van der Waals surface area contributed by atoms with Crippen molar-refractivity contribution in [1.29, 1.82) is 0 Å². The zero-order chi connectivity index (χ0) is 12.1. The van der Waals surface area contributed by atoms with Gasteiger partial charge in [-0.1, -0.05) is 31.0 Å². The Bertz CT molecular complexity index is 344. The molecule has 1 aromatic rings. The second-order valence-electron chi connectivity index (χ2n) is 3.93. The zero-order valence-corrected chi connectivity index (χ0v) is 10.4. The van der Waals surface area contributed by atoms with Crippen molar-refractivity contribution in [2.75, 3.05) is 13.6 Å². The van der Waals surface area contributed by atoms with Crippen molar-refractivity contribution in [3.8, 4) is 0 Å². The molecule has 2 atom stereocenters. The number of hydrogen-bond acceptors (Lipinski definition) is 2. The maximum absolute atomic E-state index is 13.0. The number of rotatable bonds is 5. The van der Waals surface area contributed by atoms with Crippen LogP contribution in [0.25, 0.3) is 0 Å². The highest BCUT2D eigenvalue weighted by atomic mass is 35.5. The van der Waals surface area contributed by atoms with E-state index in [1.54, 1.807) is 12.1 Å². The summed E-state index contributed by atoms with van der Waals surface area (Å²) in [6.07, 6.45) is 0.969. The number of nitrogens with one attached hydrogen (secondary N) is 1. The Labute approximate surface area is 101 Å². The van der Waals surface area contributed by atoms with E-state index in [1.165, 1.54) is 6.07 Å². The summed E-state index contributed by atoms with van der Waals surface area (Å²) in [6, 6.07) is 4.56. The Morgan fingerprint density at radius 3 is 2.69 bits per heavy atom. The number of hydrogen-bond donors (Lipinski definition) is 2. The predicted molar refractivity (Wildman–Crippen MR) is 66.0 cm³/mol. The minimum Gasteiger partial charge on any atom is -0.324 e. The lowest BCUT2D eigenvalue weighted by atomic mass is 9.91. The maximum Gasteiger partial charge on any atom is 0.141 e. The van der Waals surface area contributed by atoms with Gasteiger partial charge in [-0.25, -0.2) is 4.39 Å². The van der Waals surface area contributed by atoms with E-state index in [4.69, 9.17) is 17.3 Å². The van der Waals surface area contributed by atoms with Crippen LogP contribution in [0.5, 0.6) is 0 Å². The molecule has 1 rings (SSSR count). The molecule has 0 bridgehead atoms. The van der Waals surface area contributed by atoms with Gasteiger partial charge in [0.25, 0.3) is 0 Å². The second kappa shape index (κ2) is 6.18. The molecule has 0 aliphatic rings. The summed E-state index contributed by atoms with van der Waals surface area (Å²) in [6.45, 7) is 2.93. The summed E-state index contributed by atoms with van der Waals surface area (Å²) in [4.78, 5) is 0. The standard InChI is InChI=1S/C12H18ClFN2/c1-3-8(7-16-2)12(15)9-4-5-11(14)10(13)6-9/h4-6,8,12,16H,3,7,15H2,1-2H3. The topological polar surface area (TPSA) is 38.0 Å². The molecular formula is C12H18ClFN2. The maximum atomic E-state index is 13.0. The zero-order valence-electron chi connectivity index (χ0n) is 9.63. The second-order valence-corrected chi connectivity index (χ2v) is 4.33. The normalized spacial score (nSPS) is 14.8. The first kappa shape index (κ1) is 13.4. The smallest absolute Gasteiger partial charge is 0.141 e. The van der Waals surface area contributed by atoms with E-state index in [2.05, 4.69) is 12.2 Å². The van der Waals surface area contributed by atoms with Crippen molar-refractivity contribution in [2.24, 2.45) is 11.7 Å². The molecule has 1 aromatic carbocycles. The quantitative estimate of drug-likeness (QED) is 0.836. The highest BCUT2D eigenvalue weighted by Crippen LogP contribution is 2.25. The molecule has 0 amide bonds. The predicted octanol–water partition coefficient (Wildman–Crippen LogP) is 2.72. The highest BCUT2D eigenvalue weighted by molar-refractivity contribution is 6.30. The molecule has 0 aromatic heterocycles. The van der Waals surface area contributed by atoms with Crippen LogP contribution in [0.1, 0.15) is 24.9 Å². The average Bonchev–Trinajstić information content (AvgIpc) is 2.28. The van der Waals surface area contributed by atoms with Crippen LogP contribution in [0.15, 0.2) is 18.2 Å². The lowest BCUT2D eigenvalue weighted by molar-refractivity contribution is 0.403. The Hall–Kier alpha value is -0.640. The summed E-state index contributed by atoms with van der Waals surface area (Å²) in [5.41, 5.74) is 7.02. The molecule has 3 N–H and O–H groups in total. The fraction of sp³-hybridized carbons (Fsp3) is 0.500. The van der Waals surface area contributed by atoms with Crippen molar-refractivity contribution in [2.45, 2.75) is 19.4 Å². The lowest BCUT2D eigenvalue weighted by Gasteiger charge is -2.22. The molecule has 2 unspecified atom stereocenters. The molecule has 4 heteroatoms. The molecule has 0 saturated heterocycles. The van der Waals surface area contributed by atoms with Gasteiger partial charge in [-0.05, 0) is 37.2 Å². The summed E-state index contributed by atoms with van der Waals surface area (Å²) in [5, 5.41) is 3.24. The minimum atomic E-state index is -0.403. The van der Waals surface area contributed by atoms with Gasteiger partial charge < -0.3 is 11.1 Å². The van der Waals surface area contributed by atoms with Gasteiger partial charge in [-0.2, -0.15) is 0 Å². The van der Waals surface area contributed by atoms with Crippen molar-refractivity contribution >= 4 is 11.6 Å². The third-order valence-corrected chi connectivity index (χ3v) is 3.12. The molecule has 0 aliphatic carbocycles. The van der Waals surface area contributed by atoms with Gasteiger partial charge in [0.1, 0.15) is 5.82 Å². The molecule has 0 radical (unpaired) electrons. The summed E-state index contributed by atoms with van der Waals surface area (Å²) < 4.78 is 13.0.